The molecule has 1 aromatic carbocycles. The molecule has 5 heteroatoms. The van der Waals surface area contributed by atoms with Gasteiger partial charge in [0, 0.05) is 35.8 Å². The van der Waals surface area contributed by atoms with E-state index in [2.05, 4.69) is 51.3 Å². The summed E-state index contributed by atoms with van der Waals surface area (Å²) in [5.74, 6) is 2.63. The predicted octanol–water partition coefficient (Wildman–Crippen LogP) is 6.56. The normalized spacial score (nSPS) is 20.4. The second-order valence-corrected chi connectivity index (χ2v) is 10.1. The van der Waals surface area contributed by atoms with E-state index in [1.54, 1.807) is 0 Å². The Morgan fingerprint density at radius 2 is 2.03 bits per heavy atom. The molecule has 3 unspecified atom stereocenters. The number of nitriles is 1. The molecule has 2 heterocycles. The van der Waals surface area contributed by atoms with Gasteiger partial charge < -0.3 is 10.6 Å². The van der Waals surface area contributed by atoms with Gasteiger partial charge in [-0.25, -0.2) is 9.97 Å². The Morgan fingerprint density at radius 1 is 1.24 bits per heavy atom. The predicted molar refractivity (Wildman–Crippen MR) is 140 cm³/mol. The third-order valence-electron chi connectivity index (χ3n) is 7.89. The molecule has 0 spiro atoms. The standard InChI is InChI=1S/C29H39N5/c1-6-9-10-21-15-19(5)34(21)29-23-12-11-20(16-26(23)32-27(8-3)33-29)28-22(18(4)7-2)13-14-25(31)24(28)17-30/h13-14,18,20-21H,5-12,15-16,31H2,1-4H3. The highest BCUT2D eigenvalue weighted by Crippen LogP contribution is 2.44. The molecule has 0 amide bonds. The van der Waals surface area contributed by atoms with Crippen LogP contribution in [0.25, 0.3) is 0 Å². The molecule has 180 valence electrons. The lowest BCUT2D eigenvalue weighted by Crippen LogP contribution is -2.46. The maximum atomic E-state index is 10.00. The number of rotatable bonds is 8. The van der Waals surface area contributed by atoms with Crippen LogP contribution in [0.5, 0.6) is 0 Å². The quantitative estimate of drug-likeness (QED) is 0.454. The fraction of sp³-hybridized carbons (Fsp3) is 0.552. The van der Waals surface area contributed by atoms with Crippen molar-refractivity contribution in [1.29, 1.82) is 5.26 Å². The summed E-state index contributed by atoms with van der Waals surface area (Å²) in [6, 6.07) is 6.98. The Bertz CT molecular complexity index is 1110. The van der Waals surface area contributed by atoms with Crippen LogP contribution in [0.1, 0.15) is 112 Å². The lowest BCUT2D eigenvalue weighted by atomic mass is 9.76. The van der Waals surface area contributed by atoms with Crippen molar-refractivity contribution in [2.24, 2.45) is 0 Å². The van der Waals surface area contributed by atoms with E-state index in [4.69, 9.17) is 15.7 Å². The zero-order valence-corrected chi connectivity index (χ0v) is 21.3. The molecule has 1 saturated heterocycles. The highest BCUT2D eigenvalue weighted by molar-refractivity contribution is 5.63. The molecule has 34 heavy (non-hydrogen) atoms. The number of nitrogens with zero attached hydrogens (tertiary/aromatic N) is 4. The van der Waals surface area contributed by atoms with E-state index in [-0.39, 0.29) is 5.92 Å². The zero-order chi connectivity index (χ0) is 24.4. The minimum absolute atomic E-state index is 0.248. The third kappa shape index (κ3) is 4.31. The van der Waals surface area contributed by atoms with Gasteiger partial charge in [-0.15, -0.1) is 0 Å². The van der Waals surface area contributed by atoms with Gasteiger partial charge in [0.25, 0.3) is 0 Å². The van der Waals surface area contributed by atoms with E-state index in [1.807, 2.05) is 6.07 Å². The molecule has 2 aliphatic rings. The van der Waals surface area contributed by atoms with Crippen molar-refractivity contribution in [3.05, 3.63) is 58.2 Å². The van der Waals surface area contributed by atoms with Crippen LogP contribution in [0.4, 0.5) is 11.5 Å². The lowest BCUT2D eigenvalue weighted by molar-refractivity contribution is 0.461. The highest BCUT2D eigenvalue weighted by Gasteiger charge is 2.37. The smallest absolute Gasteiger partial charge is 0.140 e. The van der Waals surface area contributed by atoms with Crippen LogP contribution in [0.15, 0.2) is 24.4 Å². The summed E-state index contributed by atoms with van der Waals surface area (Å²) >= 11 is 0. The highest BCUT2D eigenvalue weighted by atomic mass is 15.3. The van der Waals surface area contributed by atoms with Gasteiger partial charge in [0.05, 0.1) is 11.3 Å². The van der Waals surface area contributed by atoms with Crippen molar-refractivity contribution in [2.75, 3.05) is 10.6 Å². The molecule has 0 radical (unpaired) electrons. The lowest BCUT2D eigenvalue weighted by Gasteiger charge is -2.45. The maximum Gasteiger partial charge on any atom is 0.140 e. The van der Waals surface area contributed by atoms with Gasteiger partial charge in [0.1, 0.15) is 17.7 Å². The number of nitrogen functional groups attached to an aromatic ring is 1. The van der Waals surface area contributed by atoms with Crippen LogP contribution in [0.2, 0.25) is 0 Å². The molecular formula is C29H39N5. The molecule has 4 rings (SSSR count). The van der Waals surface area contributed by atoms with Crippen molar-refractivity contribution >= 4 is 11.5 Å². The molecular weight excluding hydrogens is 418 g/mol. The number of anilines is 2. The number of aryl methyl sites for hydroxylation is 1. The van der Waals surface area contributed by atoms with Crippen LogP contribution in [0.3, 0.4) is 0 Å². The molecule has 1 aliphatic carbocycles. The van der Waals surface area contributed by atoms with E-state index >= 15 is 0 Å². The summed E-state index contributed by atoms with van der Waals surface area (Å²) in [5.41, 5.74) is 13.5. The fourth-order valence-corrected chi connectivity index (χ4v) is 5.72. The largest absolute Gasteiger partial charge is 0.398 e. The Morgan fingerprint density at radius 3 is 2.68 bits per heavy atom. The summed E-state index contributed by atoms with van der Waals surface area (Å²) in [4.78, 5) is 12.4. The van der Waals surface area contributed by atoms with Crippen LogP contribution in [-0.2, 0) is 19.3 Å². The second-order valence-electron chi connectivity index (χ2n) is 10.1. The van der Waals surface area contributed by atoms with Gasteiger partial charge in [0.15, 0.2) is 0 Å². The van der Waals surface area contributed by atoms with Gasteiger partial charge in [-0.1, -0.05) is 53.2 Å². The summed E-state index contributed by atoms with van der Waals surface area (Å²) in [7, 11) is 0. The first kappa shape index (κ1) is 24.3. The summed E-state index contributed by atoms with van der Waals surface area (Å²) < 4.78 is 0. The molecule has 1 aromatic heterocycles. The molecule has 5 nitrogen and oxygen atoms in total. The maximum absolute atomic E-state index is 10.00. The van der Waals surface area contributed by atoms with Crippen molar-refractivity contribution < 1.29 is 0 Å². The molecule has 0 saturated carbocycles. The minimum Gasteiger partial charge on any atom is -0.398 e. The van der Waals surface area contributed by atoms with Crippen LogP contribution < -0.4 is 10.6 Å². The van der Waals surface area contributed by atoms with Gasteiger partial charge in [-0.2, -0.15) is 5.26 Å². The Labute approximate surface area is 205 Å². The van der Waals surface area contributed by atoms with E-state index in [9.17, 15) is 5.26 Å². The van der Waals surface area contributed by atoms with Gasteiger partial charge >= 0.3 is 0 Å². The fourth-order valence-electron chi connectivity index (χ4n) is 5.72. The first-order valence-corrected chi connectivity index (χ1v) is 13.1. The van der Waals surface area contributed by atoms with E-state index in [0.29, 0.717) is 23.2 Å². The van der Waals surface area contributed by atoms with Gasteiger partial charge in [-0.05, 0) is 61.1 Å². The number of fused-ring (bicyclic) bond motifs is 1. The summed E-state index contributed by atoms with van der Waals surface area (Å²) in [6.45, 7) is 13.2. The number of hydrogen-bond acceptors (Lipinski definition) is 5. The van der Waals surface area contributed by atoms with Crippen LogP contribution >= 0.6 is 0 Å². The van der Waals surface area contributed by atoms with Gasteiger partial charge in [0.2, 0.25) is 0 Å². The Hall–Kier alpha value is -2.87. The molecule has 2 N–H and O–H groups in total. The molecule has 1 fully saturated rings. The minimum atomic E-state index is 0.248. The topological polar surface area (TPSA) is 78.8 Å². The van der Waals surface area contributed by atoms with E-state index in [1.165, 1.54) is 36.1 Å². The van der Waals surface area contributed by atoms with E-state index < -0.39 is 0 Å². The van der Waals surface area contributed by atoms with Crippen molar-refractivity contribution in [3.8, 4) is 6.07 Å². The monoisotopic (exact) mass is 457 g/mol. The molecule has 1 aliphatic heterocycles. The molecule has 2 aromatic rings. The average Bonchev–Trinajstić information content (AvgIpc) is 2.84. The van der Waals surface area contributed by atoms with Crippen LogP contribution in [0, 0.1) is 11.3 Å². The SMILES string of the molecule is C=C1CC(CCCC)N1c1nc(CC)nc2c1CCC(c1c(C(C)CC)ccc(N)c1C#N)C2. The summed E-state index contributed by atoms with van der Waals surface area (Å²) in [5, 5.41) is 10.00. The van der Waals surface area contributed by atoms with Crippen molar-refractivity contribution in [3.63, 3.8) is 0 Å². The molecule has 0 bridgehead atoms. The number of benzene rings is 1. The first-order valence-electron chi connectivity index (χ1n) is 13.1. The zero-order valence-electron chi connectivity index (χ0n) is 21.3. The number of hydrogen-bond donors (Lipinski definition) is 1. The van der Waals surface area contributed by atoms with Gasteiger partial charge in [-0.3, -0.25) is 0 Å². The Balaban J connectivity index is 1.75. The number of nitrogens with two attached hydrogens (primary N) is 1. The number of unbranched alkanes of at least 4 members (excludes halogenated alkanes) is 1. The first-order chi connectivity index (χ1) is 16.4. The Kier molecular flexibility index (Phi) is 7.26. The second kappa shape index (κ2) is 10.2. The third-order valence-corrected chi connectivity index (χ3v) is 7.89. The van der Waals surface area contributed by atoms with E-state index in [0.717, 1.165) is 61.4 Å². The number of aromatic nitrogens is 2. The van der Waals surface area contributed by atoms with Crippen LogP contribution in [-0.4, -0.2) is 16.0 Å². The van der Waals surface area contributed by atoms with Crippen molar-refractivity contribution in [1.82, 2.24) is 9.97 Å². The summed E-state index contributed by atoms with van der Waals surface area (Å²) in [6.07, 6.45) is 9.27. The average molecular weight is 458 g/mol. The van der Waals surface area contributed by atoms with Crippen molar-refractivity contribution in [2.45, 2.75) is 103 Å². The molecule has 3 atom stereocenters.